The number of benzene rings is 1. The molecular weight excluding hydrogens is 240 g/mol. The molecule has 0 aromatic heterocycles. The number of ether oxygens (including phenoxy) is 1. The molecule has 68 valence electrons. The van der Waals surface area contributed by atoms with Crippen molar-refractivity contribution in [3.05, 3.63) is 30.3 Å². The van der Waals surface area contributed by atoms with Crippen LogP contribution in [0.4, 0.5) is 0 Å². The van der Waals surface area contributed by atoms with Gasteiger partial charge in [-0.2, -0.15) is 18.2 Å². The van der Waals surface area contributed by atoms with Gasteiger partial charge >= 0.3 is 23.1 Å². The molecule has 0 bridgehead atoms. The average molecular weight is 253 g/mol. The van der Waals surface area contributed by atoms with Crippen molar-refractivity contribution in [2.24, 2.45) is 0 Å². The van der Waals surface area contributed by atoms with Gasteiger partial charge in [-0.3, -0.25) is 0 Å². The zero-order chi connectivity index (χ0) is 7.94. The zero-order valence-corrected chi connectivity index (χ0v) is 10.9. The van der Waals surface area contributed by atoms with E-state index in [-0.39, 0.29) is 40.0 Å². The van der Waals surface area contributed by atoms with E-state index >= 15 is 0 Å². The van der Waals surface area contributed by atoms with Gasteiger partial charge in [0.05, 0.1) is 6.61 Å². The molecule has 13 heavy (non-hydrogen) atoms. The summed E-state index contributed by atoms with van der Waals surface area (Å²) in [5, 5.41) is 0. The minimum Gasteiger partial charge on any atom is -1.00 e. The first-order chi connectivity index (χ1) is 5.43. The maximum atomic E-state index is 5.39. The summed E-state index contributed by atoms with van der Waals surface area (Å²) in [4.78, 5) is 0. The van der Waals surface area contributed by atoms with Gasteiger partial charge in [0, 0.05) is 5.75 Å². The molecule has 3 heteroatoms. The molecular formula is C10H13BrMgO. The molecule has 0 radical (unpaired) electrons. The Hall–Kier alpha value is 0.266. The maximum absolute atomic E-state index is 5.39. The summed E-state index contributed by atoms with van der Waals surface area (Å²) in [6, 6.07) is 10.7. The molecule has 0 fully saturated rings. The fourth-order valence-electron chi connectivity index (χ4n) is 0.793. The first-order valence-corrected chi connectivity index (χ1v) is 4.03. The maximum Gasteiger partial charge on any atom is 2.00 e. The SMILES string of the molecule is CCCCOc1[c-]cccc1.[Br-].[Mg+2]. The van der Waals surface area contributed by atoms with Crippen LogP contribution < -0.4 is 21.7 Å². The minimum absolute atomic E-state index is 0. The van der Waals surface area contributed by atoms with Gasteiger partial charge in [0.2, 0.25) is 0 Å². The second-order valence-corrected chi connectivity index (χ2v) is 2.43. The topological polar surface area (TPSA) is 9.23 Å². The molecule has 0 amide bonds. The summed E-state index contributed by atoms with van der Waals surface area (Å²) in [5.74, 6) is 0.848. The summed E-state index contributed by atoms with van der Waals surface area (Å²) < 4.78 is 5.39. The van der Waals surface area contributed by atoms with E-state index in [9.17, 15) is 0 Å². The Labute approximate surface area is 107 Å². The summed E-state index contributed by atoms with van der Waals surface area (Å²) in [6.45, 7) is 2.95. The van der Waals surface area contributed by atoms with E-state index in [1.54, 1.807) is 0 Å². The van der Waals surface area contributed by atoms with E-state index in [0.717, 1.165) is 18.8 Å². The van der Waals surface area contributed by atoms with E-state index in [4.69, 9.17) is 4.74 Å². The van der Waals surface area contributed by atoms with Crippen LogP contribution in [-0.2, 0) is 0 Å². The molecule has 0 aliphatic rings. The van der Waals surface area contributed by atoms with E-state index in [0.29, 0.717) is 0 Å². The van der Waals surface area contributed by atoms with Gasteiger partial charge in [-0.05, 0) is 6.42 Å². The third-order valence-electron chi connectivity index (χ3n) is 1.44. The summed E-state index contributed by atoms with van der Waals surface area (Å²) in [6.07, 6.45) is 2.29. The predicted molar refractivity (Wildman–Crippen MR) is 51.4 cm³/mol. The van der Waals surface area contributed by atoms with Crippen LogP contribution in [0.25, 0.3) is 0 Å². The summed E-state index contributed by atoms with van der Waals surface area (Å²) in [5.41, 5.74) is 0. The van der Waals surface area contributed by atoms with Crippen LogP contribution in [0.3, 0.4) is 0 Å². The van der Waals surface area contributed by atoms with E-state index < -0.39 is 0 Å². The van der Waals surface area contributed by atoms with Crippen molar-refractivity contribution in [1.82, 2.24) is 0 Å². The molecule has 1 aromatic carbocycles. The first kappa shape index (κ1) is 15.7. The average Bonchev–Trinajstić information content (AvgIpc) is 2.07. The Morgan fingerprint density at radius 2 is 2.15 bits per heavy atom. The van der Waals surface area contributed by atoms with Crippen LogP contribution in [0.5, 0.6) is 5.75 Å². The smallest absolute Gasteiger partial charge is 1.00 e. The number of unbranched alkanes of at least 4 members (excludes halogenated alkanes) is 1. The van der Waals surface area contributed by atoms with E-state index in [1.807, 2.05) is 24.3 Å². The Morgan fingerprint density at radius 1 is 1.38 bits per heavy atom. The molecule has 0 unspecified atom stereocenters. The van der Waals surface area contributed by atoms with E-state index in [1.165, 1.54) is 6.42 Å². The van der Waals surface area contributed by atoms with Crippen LogP contribution in [0.2, 0.25) is 0 Å². The summed E-state index contributed by atoms with van der Waals surface area (Å²) >= 11 is 0. The van der Waals surface area contributed by atoms with Crippen LogP contribution in [0.1, 0.15) is 19.8 Å². The fourth-order valence-corrected chi connectivity index (χ4v) is 0.793. The van der Waals surface area contributed by atoms with Gasteiger partial charge in [-0.1, -0.05) is 13.3 Å². The number of rotatable bonds is 4. The second-order valence-electron chi connectivity index (χ2n) is 2.43. The Kier molecular flexibility index (Phi) is 12.5. The Morgan fingerprint density at radius 3 is 2.69 bits per heavy atom. The Bertz CT molecular complexity index is 191. The largest absolute Gasteiger partial charge is 2.00 e. The zero-order valence-electron chi connectivity index (χ0n) is 7.92. The predicted octanol–water partition coefficient (Wildman–Crippen LogP) is -0.711. The molecule has 0 aliphatic carbocycles. The molecule has 0 spiro atoms. The van der Waals surface area contributed by atoms with Gasteiger partial charge in [-0.15, -0.1) is 12.1 Å². The van der Waals surface area contributed by atoms with Crippen molar-refractivity contribution in [1.29, 1.82) is 0 Å². The van der Waals surface area contributed by atoms with Crippen LogP contribution in [0.15, 0.2) is 24.3 Å². The quantitative estimate of drug-likeness (QED) is 0.391. The number of para-hydroxylation sites is 1. The molecule has 0 saturated heterocycles. The molecule has 1 nitrogen and oxygen atoms in total. The van der Waals surface area contributed by atoms with Crippen molar-refractivity contribution < 1.29 is 21.7 Å². The normalized spacial score (nSPS) is 8.08. The number of hydrogen-bond acceptors (Lipinski definition) is 1. The molecule has 0 atom stereocenters. The van der Waals surface area contributed by atoms with Gasteiger partial charge in [-0.25, -0.2) is 0 Å². The third-order valence-corrected chi connectivity index (χ3v) is 1.44. The molecule has 0 aliphatic heterocycles. The molecule has 1 aromatic rings. The molecule has 0 N–H and O–H groups in total. The van der Waals surface area contributed by atoms with Crippen LogP contribution in [-0.4, -0.2) is 29.7 Å². The minimum atomic E-state index is 0. The fraction of sp³-hybridized carbons (Fsp3) is 0.400. The second kappa shape index (κ2) is 10.3. The van der Waals surface area contributed by atoms with Crippen LogP contribution in [0, 0.1) is 6.07 Å². The van der Waals surface area contributed by atoms with Crippen molar-refractivity contribution in [3.8, 4) is 5.75 Å². The molecule has 0 saturated carbocycles. The van der Waals surface area contributed by atoms with Crippen molar-refractivity contribution in [3.63, 3.8) is 0 Å². The van der Waals surface area contributed by atoms with Gasteiger partial charge < -0.3 is 21.7 Å². The standard InChI is InChI=1S/C10H13O.BrH.Mg/c1-2-3-9-11-10-7-5-4-6-8-10;;/h4-7H,2-3,9H2,1H3;1H;/q-1;;+2/p-1. The van der Waals surface area contributed by atoms with E-state index in [2.05, 4.69) is 13.0 Å². The van der Waals surface area contributed by atoms with Gasteiger partial charge in [0.25, 0.3) is 0 Å². The molecule has 1 rings (SSSR count). The van der Waals surface area contributed by atoms with Crippen LogP contribution >= 0.6 is 0 Å². The third kappa shape index (κ3) is 7.35. The van der Waals surface area contributed by atoms with Crippen molar-refractivity contribution >= 4 is 23.1 Å². The van der Waals surface area contributed by atoms with Crippen molar-refractivity contribution in [2.75, 3.05) is 6.61 Å². The Balaban J connectivity index is 0. The van der Waals surface area contributed by atoms with Gasteiger partial charge in [0.15, 0.2) is 0 Å². The monoisotopic (exact) mass is 252 g/mol. The summed E-state index contributed by atoms with van der Waals surface area (Å²) in [7, 11) is 0. The number of hydrogen-bond donors (Lipinski definition) is 0. The first-order valence-electron chi connectivity index (χ1n) is 4.03. The molecule has 0 heterocycles. The van der Waals surface area contributed by atoms with Gasteiger partial charge in [0.1, 0.15) is 0 Å². The van der Waals surface area contributed by atoms with Crippen molar-refractivity contribution in [2.45, 2.75) is 19.8 Å². The number of halogens is 1.